The van der Waals surface area contributed by atoms with E-state index in [0.29, 0.717) is 0 Å². The molecule has 19 heavy (non-hydrogen) atoms. The standard InChI is InChI=1S/C12H14N2O5/c1-7-8(5-4-6-9(7)14(18)19)10(15)13-12(2,3)11(16)17/h4-6H,1-3H3,(H,13,15)(H,16,17). The van der Waals surface area contributed by atoms with Crippen LogP contribution >= 0.6 is 0 Å². The maximum Gasteiger partial charge on any atom is 0.328 e. The van der Waals surface area contributed by atoms with Crippen molar-refractivity contribution in [2.75, 3.05) is 0 Å². The van der Waals surface area contributed by atoms with Gasteiger partial charge >= 0.3 is 5.97 Å². The zero-order valence-electron chi connectivity index (χ0n) is 10.8. The molecule has 0 saturated heterocycles. The summed E-state index contributed by atoms with van der Waals surface area (Å²) < 4.78 is 0. The number of nitrogens with one attached hydrogen (secondary N) is 1. The SMILES string of the molecule is Cc1c(C(=O)NC(C)(C)C(=O)O)cccc1[N+](=O)[O-]. The summed E-state index contributed by atoms with van der Waals surface area (Å²) in [5, 5.41) is 22.0. The third kappa shape index (κ3) is 3.06. The van der Waals surface area contributed by atoms with Gasteiger partial charge in [-0.2, -0.15) is 0 Å². The van der Waals surface area contributed by atoms with E-state index >= 15 is 0 Å². The van der Waals surface area contributed by atoms with Crippen LogP contribution in [-0.2, 0) is 4.79 Å². The quantitative estimate of drug-likeness (QED) is 0.633. The molecule has 0 heterocycles. The van der Waals surface area contributed by atoms with Crippen molar-refractivity contribution in [1.29, 1.82) is 0 Å². The second kappa shape index (κ2) is 5.05. The number of nitro groups is 1. The van der Waals surface area contributed by atoms with Crippen LogP contribution < -0.4 is 5.32 Å². The van der Waals surface area contributed by atoms with Crippen LogP contribution in [0.2, 0.25) is 0 Å². The fraction of sp³-hybridized carbons (Fsp3) is 0.333. The minimum atomic E-state index is -1.45. The zero-order chi connectivity index (χ0) is 14.8. The van der Waals surface area contributed by atoms with Crippen LogP contribution in [-0.4, -0.2) is 27.4 Å². The van der Waals surface area contributed by atoms with Gasteiger partial charge < -0.3 is 10.4 Å². The molecule has 0 bridgehead atoms. The Labute approximate surface area is 109 Å². The lowest BCUT2D eigenvalue weighted by molar-refractivity contribution is -0.385. The first kappa shape index (κ1) is 14.6. The van der Waals surface area contributed by atoms with Crippen molar-refractivity contribution in [1.82, 2.24) is 5.32 Å². The van der Waals surface area contributed by atoms with E-state index in [9.17, 15) is 19.7 Å². The average molecular weight is 266 g/mol. The summed E-state index contributed by atoms with van der Waals surface area (Å²) in [6.45, 7) is 4.11. The van der Waals surface area contributed by atoms with Crippen LogP contribution in [0.4, 0.5) is 5.69 Å². The number of carbonyl (C=O) groups excluding carboxylic acids is 1. The summed E-state index contributed by atoms with van der Waals surface area (Å²) in [5.41, 5.74) is -1.34. The molecule has 7 heteroatoms. The minimum Gasteiger partial charge on any atom is -0.480 e. The van der Waals surface area contributed by atoms with Crippen LogP contribution in [0.15, 0.2) is 18.2 Å². The number of hydrogen-bond acceptors (Lipinski definition) is 4. The number of carbonyl (C=O) groups is 2. The lowest BCUT2D eigenvalue weighted by Crippen LogP contribution is -2.49. The third-order valence-electron chi connectivity index (χ3n) is 2.71. The number of amides is 1. The molecule has 7 nitrogen and oxygen atoms in total. The monoisotopic (exact) mass is 266 g/mol. The Hall–Kier alpha value is -2.44. The number of rotatable bonds is 4. The van der Waals surface area contributed by atoms with Gasteiger partial charge in [-0.15, -0.1) is 0 Å². The molecule has 0 aliphatic carbocycles. The van der Waals surface area contributed by atoms with Gasteiger partial charge in [0.05, 0.1) is 4.92 Å². The number of aliphatic carboxylic acids is 1. The largest absolute Gasteiger partial charge is 0.480 e. The van der Waals surface area contributed by atoms with Gasteiger partial charge in [0.15, 0.2) is 0 Å². The van der Waals surface area contributed by atoms with E-state index < -0.39 is 22.3 Å². The molecule has 0 atom stereocenters. The second-order valence-corrected chi connectivity index (χ2v) is 4.59. The summed E-state index contributed by atoms with van der Waals surface area (Å²) in [7, 11) is 0. The molecule has 0 aromatic heterocycles. The molecule has 1 rings (SSSR count). The van der Waals surface area contributed by atoms with E-state index in [1.165, 1.54) is 39.0 Å². The van der Waals surface area contributed by atoms with Gasteiger partial charge in [0, 0.05) is 17.2 Å². The first-order valence-corrected chi connectivity index (χ1v) is 5.46. The Balaban J connectivity index is 3.12. The van der Waals surface area contributed by atoms with Crippen LogP contribution in [0.5, 0.6) is 0 Å². The first-order valence-electron chi connectivity index (χ1n) is 5.46. The van der Waals surface area contributed by atoms with E-state index in [1.54, 1.807) is 0 Å². The summed E-state index contributed by atoms with van der Waals surface area (Å²) in [6.07, 6.45) is 0. The van der Waals surface area contributed by atoms with E-state index in [-0.39, 0.29) is 16.8 Å². The first-order chi connectivity index (χ1) is 8.66. The molecule has 0 saturated carbocycles. The lowest BCUT2D eigenvalue weighted by atomic mass is 10.0. The molecular formula is C12H14N2O5. The van der Waals surface area contributed by atoms with Crippen molar-refractivity contribution in [3.8, 4) is 0 Å². The van der Waals surface area contributed by atoms with Crippen molar-refractivity contribution in [3.05, 3.63) is 39.4 Å². The fourth-order valence-corrected chi connectivity index (χ4v) is 1.47. The lowest BCUT2D eigenvalue weighted by Gasteiger charge is -2.21. The van der Waals surface area contributed by atoms with Crippen LogP contribution in [0.1, 0.15) is 29.8 Å². The Morgan fingerprint density at radius 1 is 1.37 bits per heavy atom. The number of nitrogens with zero attached hydrogens (tertiary/aromatic N) is 1. The molecule has 1 aromatic carbocycles. The average Bonchev–Trinajstić information content (AvgIpc) is 2.27. The molecule has 0 spiro atoms. The van der Waals surface area contributed by atoms with E-state index in [4.69, 9.17) is 5.11 Å². The van der Waals surface area contributed by atoms with Gasteiger partial charge in [-0.05, 0) is 26.8 Å². The maximum atomic E-state index is 12.0. The molecule has 0 radical (unpaired) electrons. The summed E-state index contributed by atoms with van der Waals surface area (Å²) in [6, 6.07) is 4.08. The highest BCUT2D eigenvalue weighted by atomic mass is 16.6. The Bertz CT molecular complexity index is 551. The van der Waals surface area contributed by atoms with E-state index in [1.807, 2.05) is 0 Å². The number of nitro benzene ring substituents is 1. The smallest absolute Gasteiger partial charge is 0.328 e. The molecule has 0 aliphatic rings. The van der Waals surface area contributed by atoms with Crippen molar-refractivity contribution in [2.24, 2.45) is 0 Å². The van der Waals surface area contributed by atoms with Gasteiger partial charge in [0.1, 0.15) is 5.54 Å². The molecule has 0 aliphatic heterocycles. The van der Waals surface area contributed by atoms with Crippen molar-refractivity contribution in [2.45, 2.75) is 26.3 Å². The van der Waals surface area contributed by atoms with E-state index in [0.717, 1.165) is 0 Å². The van der Waals surface area contributed by atoms with Crippen molar-refractivity contribution < 1.29 is 19.6 Å². The maximum absolute atomic E-state index is 12.0. The predicted molar refractivity (Wildman–Crippen MR) is 67.0 cm³/mol. The summed E-state index contributed by atoms with van der Waals surface area (Å²) in [4.78, 5) is 33.1. The second-order valence-electron chi connectivity index (χ2n) is 4.59. The number of carboxylic acid groups (broad SMARTS) is 1. The van der Waals surface area contributed by atoms with Crippen LogP contribution in [0.3, 0.4) is 0 Å². The number of hydrogen-bond donors (Lipinski definition) is 2. The number of carboxylic acids is 1. The van der Waals surface area contributed by atoms with Gasteiger partial charge in [-0.3, -0.25) is 14.9 Å². The Morgan fingerprint density at radius 2 is 1.95 bits per heavy atom. The summed E-state index contributed by atoms with van der Waals surface area (Å²) >= 11 is 0. The van der Waals surface area contributed by atoms with Crippen LogP contribution in [0, 0.1) is 17.0 Å². The minimum absolute atomic E-state index is 0.0866. The molecule has 0 unspecified atom stereocenters. The van der Waals surface area contributed by atoms with Crippen molar-refractivity contribution >= 4 is 17.6 Å². The van der Waals surface area contributed by atoms with Gasteiger partial charge in [0.25, 0.3) is 11.6 Å². The fourth-order valence-electron chi connectivity index (χ4n) is 1.47. The highest BCUT2D eigenvalue weighted by Crippen LogP contribution is 2.21. The third-order valence-corrected chi connectivity index (χ3v) is 2.71. The predicted octanol–water partition coefficient (Wildman–Crippen LogP) is 1.50. The van der Waals surface area contributed by atoms with Gasteiger partial charge in [-0.1, -0.05) is 6.07 Å². The topological polar surface area (TPSA) is 110 Å². The molecular weight excluding hydrogens is 252 g/mol. The molecule has 1 amide bonds. The molecule has 2 N–H and O–H groups in total. The molecule has 0 fully saturated rings. The van der Waals surface area contributed by atoms with E-state index in [2.05, 4.69) is 5.32 Å². The van der Waals surface area contributed by atoms with Gasteiger partial charge in [-0.25, -0.2) is 4.79 Å². The van der Waals surface area contributed by atoms with Crippen molar-refractivity contribution in [3.63, 3.8) is 0 Å². The highest BCUT2D eigenvalue weighted by molar-refractivity contribution is 5.99. The molecule has 1 aromatic rings. The van der Waals surface area contributed by atoms with Gasteiger partial charge in [0.2, 0.25) is 0 Å². The molecule has 102 valence electrons. The van der Waals surface area contributed by atoms with Crippen LogP contribution in [0.25, 0.3) is 0 Å². The zero-order valence-corrected chi connectivity index (χ0v) is 10.8. The Morgan fingerprint density at radius 3 is 2.42 bits per heavy atom. The summed E-state index contributed by atoms with van der Waals surface area (Å²) in [5.74, 6) is -1.85. The highest BCUT2D eigenvalue weighted by Gasteiger charge is 2.30. The normalized spacial score (nSPS) is 10.9. The number of benzene rings is 1. The Kier molecular flexibility index (Phi) is 3.89.